The van der Waals surface area contributed by atoms with Crippen molar-refractivity contribution in [1.29, 1.82) is 0 Å². The zero-order valence-corrected chi connectivity index (χ0v) is 8.43. The van der Waals surface area contributed by atoms with Gasteiger partial charge in [0.15, 0.2) is 0 Å². The second-order valence-corrected chi connectivity index (χ2v) is 4.61. The first kappa shape index (κ1) is 8.59. The van der Waals surface area contributed by atoms with Crippen molar-refractivity contribution < 1.29 is 0 Å². The Kier molecular flexibility index (Phi) is 1.82. The highest BCUT2D eigenvalue weighted by Crippen LogP contribution is 2.27. The van der Waals surface area contributed by atoms with E-state index in [0.29, 0.717) is 0 Å². The van der Waals surface area contributed by atoms with Gasteiger partial charge in [-0.05, 0) is 19.9 Å². The number of hydrogen-bond donors (Lipinski definition) is 1. The van der Waals surface area contributed by atoms with Crippen LogP contribution >= 0.6 is 11.3 Å². The van der Waals surface area contributed by atoms with Crippen LogP contribution in [0.4, 0.5) is 0 Å². The summed E-state index contributed by atoms with van der Waals surface area (Å²) >= 11 is 1.63. The molecule has 4 heteroatoms. The van der Waals surface area contributed by atoms with Crippen molar-refractivity contribution in [1.82, 2.24) is 9.97 Å². The van der Waals surface area contributed by atoms with Gasteiger partial charge < -0.3 is 5.73 Å². The molecule has 0 aliphatic rings. The van der Waals surface area contributed by atoms with Crippen LogP contribution in [0.5, 0.6) is 0 Å². The first-order chi connectivity index (χ1) is 6.07. The average molecular weight is 193 g/mol. The van der Waals surface area contributed by atoms with Crippen molar-refractivity contribution in [3.05, 3.63) is 23.5 Å². The van der Waals surface area contributed by atoms with Crippen molar-refractivity contribution in [2.45, 2.75) is 19.4 Å². The van der Waals surface area contributed by atoms with Gasteiger partial charge in [0, 0.05) is 6.20 Å². The number of nitrogens with two attached hydrogens (primary N) is 1. The first-order valence-electron chi connectivity index (χ1n) is 4.07. The molecule has 0 aromatic carbocycles. The number of thiazole rings is 1. The van der Waals surface area contributed by atoms with Gasteiger partial charge in [0.1, 0.15) is 5.01 Å². The molecular weight excluding hydrogens is 182 g/mol. The van der Waals surface area contributed by atoms with Crippen LogP contribution in [0.3, 0.4) is 0 Å². The molecule has 3 nitrogen and oxygen atoms in total. The summed E-state index contributed by atoms with van der Waals surface area (Å²) in [5, 5.41) is 0.954. The van der Waals surface area contributed by atoms with Gasteiger partial charge in [0.25, 0.3) is 0 Å². The summed E-state index contributed by atoms with van der Waals surface area (Å²) in [5.41, 5.74) is 6.52. The molecule has 2 heterocycles. The van der Waals surface area contributed by atoms with Gasteiger partial charge in [-0.15, -0.1) is 11.3 Å². The third kappa shape index (κ3) is 1.55. The Bertz CT molecular complexity index is 395. The Balaban J connectivity index is 2.63. The zero-order valence-electron chi connectivity index (χ0n) is 7.61. The maximum atomic E-state index is 5.95. The van der Waals surface area contributed by atoms with Crippen molar-refractivity contribution >= 4 is 21.6 Å². The Hall–Kier alpha value is -1.00. The fourth-order valence-electron chi connectivity index (χ4n) is 1.06. The molecule has 0 fully saturated rings. The number of hydrogen-bond acceptors (Lipinski definition) is 4. The number of aromatic nitrogens is 2. The monoisotopic (exact) mass is 193 g/mol. The molecule has 0 aliphatic carbocycles. The molecule has 2 N–H and O–H groups in total. The summed E-state index contributed by atoms with van der Waals surface area (Å²) in [7, 11) is 0. The summed E-state index contributed by atoms with van der Waals surface area (Å²) in [4.78, 5) is 8.43. The van der Waals surface area contributed by atoms with Crippen LogP contribution in [-0.4, -0.2) is 9.97 Å². The average Bonchev–Trinajstić information content (AvgIpc) is 2.45. The first-order valence-corrected chi connectivity index (χ1v) is 4.89. The molecule has 2 aromatic rings. The van der Waals surface area contributed by atoms with Crippen LogP contribution < -0.4 is 5.73 Å². The molecule has 2 rings (SSSR count). The third-order valence-corrected chi connectivity index (χ3v) is 3.12. The predicted molar refractivity (Wildman–Crippen MR) is 54.6 cm³/mol. The summed E-state index contributed by atoms with van der Waals surface area (Å²) in [6.07, 6.45) is 3.54. The molecule has 0 aliphatic heterocycles. The topological polar surface area (TPSA) is 51.8 Å². The fourth-order valence-corrected chi connectivity index (χ4v) is 2.00. The zero-order chi connectivity index (χ0) is 9.47. The largest absolute Gasteiger partial charge is 0.320 e. The Morgan fingerprint density at radius 2 is 2.23 bits per heavy atom. The van der Waals surface area contributed by atoms with Gasteiger partial charge in [-0.1, -0.05) is 0 Å². The molecule has 13 heavy (non-hydrogen) atoms. The van der Waals surface area contributed by atoms with Crippen LogP contribution in [0.2, 0.25) is 0 Å². The highest BCUT2D eigenvalue weighted by Gasteiger charge is 2.18. The van der Waals surface area contributed by atoms with E-state index in [1.807, 2.05) is 19.9 Å². The summed E-state index contributed by atoms with van der Waals surface area (Å²) in [5.74, 6) is 0. The maximum absolute atomic E-state index is 5.95. The molecule has 0 saturated carbocycles. The van der Waals surface area contributed by atoms with Gasteiger partial charge in [-0.3, -0.25) is 4.98 Å². The smallest absolute Gasteiger partial charge is 0.113 e. The van der Waals surface area contributed by atoms with Gasteiger partial charge in [-0.2, -0.15) is 0 Å². The van der Waals surface area contributed by atoms with E-state index in [2.05, 4.69) is 9.97 Å². The number of pyridine rings is 1. The minimum Gasteiger partial charge on any atom is -0.320 e. The standard InChI is InChI=1S/C9H11N3S/c1-9(2,10)8-12-6-5-11-4-3-7(6)13-8/h3-5H,10H2,1-2H3. The lowest BCUT2D eigenvalue weighted by atomic mass is 10.1. The quantitative estimate of drug-likeness (QED) is 0.752. The van der Waals surface area contributed by atoms with Gasteiger partial charge >= 0.3 is 0 Å². The summed E-state index contributed by atoms with van der Waals surface area (Å²) in [6, 6.07) is 1.96. The minimum absolute atomic E-state index is 0.357. The minimum atomic E-state index is -0.357. The second-order valence-electron chi connectivity index (χ2n) is 3.58. The number of fused-ring (bicyclic) bond motifs is 1. The van der Waals surface area contributed by atoms with Gasteiger partial charge in [0.05, 0.1) is 22.0 Å². The molecule has 0 unspecified atom stereocenters. The van der Waals surface area contributed by atoms with Crippen molar-refractivity contribution in [2.24, 2.45) is 5.73 Å². The molecule has 0 radical (unpaired) electrons. The normalized spacial score (nSPS) is 12.2. The van der Waals surface area contributed by atoms with E-state index in [1.54, 1.807) is 23.7 Å². The van der Waals surface area contributed by atoms with E-state index in [9.17, 15) is 0 Å². The predicted octanol–water partition coefficient (Wildman–Crippen LogP) is 1.89. The third-order valence-electron chi connectivity index (χ3n) is 1.74. The summed E-state index contributed by atoms with van der Waals surface area (Å²) < 4.78 is 1.14. The molecule has 0 atom stereocenters. The van der Waals surface area contributed by atoms with Gasteiger partial charge in [-0.25, -0.2) is 4.98 Å². The lowest BCUT2D eigenvalue weighted by Gasteiger charge is -2.13. The second kappa shape index (κ2) is 2.75. The molecule has 68 valence electrons. The lowest BCUT2D eigenvalue weighted by molar-refractivity contribution is 0.551. The van der Waals surface area contributed by atoms with Crippen LogP contribution in [-0.2, 0) is 5.54 Å². The molecule has 2 aromatic heterocycles. The van der Waals surface area contributed by atoms with Crippen LogP contribution in [0.15, 0.2) is 18.5 Å². The SMILES string of the molecule is CC(C)(N)c1nc2cnccc2s1. The van der Waals surface area contributed by atoms with Crippen LogP contribution in [0.25, 0.3) is 10.2 Å². The van der Waals surface area contributed by atoms with Crippen molar-refractivity contribution in [3.63, 3.8) is 0 Å². The van der Waals surface area contributed by atoms with Gasteiger partial charge in [0.2, 0.25) is 0 Å². The molecular formula is C9H11N3S. The van der Waals surface area contributed by atoms with E-state index >= 15 is 0 Å². The van der Waals surface area contributed by atoms with Crippen LogP contribution in [0, 0.1) is 0 Å². The van der Waals surface area contributed by atoms with Crippen molar-refractivity contribution in [2.75, 3.05) is 0 Å². The number of nitrogens with zero attached hydrogens (tertiary/aromatic N) is 2. The van der Waals surface area contributed by atoms with Crippen molar-refractivity contribution in [3.8, 4) is 0 Å². The highest BCUT2D eigenvalue weighted by molar-refractivity contribution is 7.18. The fraction of sp³-hybridized carbons (Fsp3) is 0.333. The molecule has 0 spiro atoms. The van der Waals surface area contributed by atoms with E-state index < -0.39 is 0 Å². The molecule has 0 saturated heterocycles. The van der Waals surface area contributed by atoms with E-state index in [4.69, 9.17) is 5.73 Å². The van der Waals surface area contributed by atoms with E-state index in [0.717, 1.165) is 15.2 Å². The Morgan fingerprint density at radius 3 is 2.85 bits per heavy atom. The Labute approximate surface area is 80.6 Å². The van der Waals surface area contributed by atoms with E-state index in [-0.39, 0.29) is 5.54 Å². The summed E-state index contributed by atoms with van der Waals surface area (Å²) in [6.45, 7) is 3.91. The maximum Gasteiger partial charge on any atom is 0.113 e. The van der Waals surface area contributed by atoms with Crippen LogP contribution in [0.1, 0.15) is 18.9 Å². The molecule has 0 amide bonds. The highest BCUT2D eigenvalue weighted by atomic mass is 32.1. The lowest BCUT2D eigenvalue weighted by Crippen LogP contribution is -2.28. The Morgan fingerprint density at radius 1 is 1.46 bits per heavy atom. The number of rotatable bonds is 1. The molecule has 0 bridgehead atoms. The van der Waals surface area contributed by atoms with E-state index in [1.165, 1.54) is 0 Å².